The van der Waals surface area contributed by atoms with Crippen LogP contribution in [0.25, 0.3) is 0 Å². The summed E-state index contributed by atoms with van der Waals surface area (Å²) in [4.78, 5) is 40.8. The van der Waals surface area contributed by atoms with Crippen LogP contribution in [0.15, 0.2) is 47.1 Å². The monoisotopic (exact) mass is 537 g/mol. The van der Waals surface area contributed by atoms with Crippen molar-refractivity contribution in [1.29, 1.82) is 0 Å². The Labute approximate surface area is 230 Å². The number of Topliss-reactive ketones (excluding diaryl/α,β-unsaturated/α-hetero) is 1. The minimum Gasteiger partial charge on any atom is -0.451 e. The molecule has 0 spiro atoms. The van der Waals surface area contributed by atoms with Gasteiger partial charge in [0.2, 0.25) is 0 Å². The average molecular weight is 538 g/mol. The largest absolute Gasteiger partial charge is 0.451 e. The molecule has 6 nitrogen and oxygen atoms in total. The maximum atomic E-state index is 13.9. The molecular formula is C31H39NO5S. The lowest BCUT2D eigenvalue weighted by molar-refractivity contribution is -0.182. The minimum absolute atomic E-state index is 0.0537. The third kappa shape index (κ3) is 4.36. The maximum absolute atomic E-state index is 13.9. The molecule has 2 saturated carbocycles. The number of allylic oxidation sites excluding steroid dienone is 4. The molecule has 0 amide bonds. The Kier molecular flexibility index (Phi) is 7.38. The molecule has 204 valence electrons. The Balaban J connectivity index is 1.66. The first kappa shape index (κ1) is 27.2. The summed E-state index contributed by atoms with van der Waals surface area (Å²) in [5, 5.41) is 0. The molecule has 2 fully saturated rings. The van der Waals surface area contributed by atoms with Gasteiger partial charge in [0, 0.05) is 44.5 Å². The second-order valence-corrected chi connectivity index (χ2v) is 12.7. The van der Waals surface area contributed by atoms with E-state index >= 15 is 0 Å². The van der Waals surface area contributed by atoms with E-state index in [0.29, 0.717) is 18.8 Å². The summed E-state index contributed by atoms with van der Waals surface area (Å²) in [6.07, 6.45) is 7.21. The van der Waals surface area contributed by atoms with Crippen molar-refractivity contribution in [1.82, 2.24) is 0 Å². The Hall–Kier alpha value is -2.38. The summed E-state index contributed by atoms with van der Waals surface area (Å²) in [5.74, 6) is 0.555. The molecule has 0 heterocycles. The highest BCUT2D eigenvalue weighted by Crippen LogP contribution is 2.68. The van der Waals surface area contributed by atoms with Crippen molar-refractivity contribution in [2.75, 3.05) is 31.9 Å². The molecule has 1 aromatic rings. The molecule has 0 aromatic heterocycles. The summed E-state index contributed by atoms with van der Waals surface area (Å²) >= 11 is 1.11. The Morgan fingerprint density at radius 3 is 2.50 bits per heavy atom. The first-order valence-electron chi connectivity index (χ1n) is 13.7. The summed E-state index contributed by atoms with van der Waals surface area (Å²) in [6.45, 7) is 3.61. The summed E-state index contributed by atoms with van der Waals surface area (Å²) in [7, 11) is 5.63. The standard InChI is InChI=1S/C31H39NO5S/c1-19(33)37-31(28(35)18-38-36-5)15-14-27-25-12-8-21-16-23(34)11-13-24(21)29(25)26(17-30(27,31)2)20-6-9-22(10-7-20)32(3)4/h6-7,9-10,16,25-27H,8,11-15,17-18H2,1-5H3/t25?,26?,27?,30-,31-/m0/s1. The molecule has 1 aromatic carbocycles. The zero-order valence-corrected chi connectivity index (χ0v) is 24.0. The summed E-state index contributed by atoms with van der Waals surface area (Å²) in [6, 6.07) is 8.74. The van der Waals surface area contributed by atoms with Gasteiger partial charge in [0.1, 0.15) is 0 Å². The van der Waals surface area contributed by atoms with Crippen molar-refractivity contribution >= 4 is 35.3 Å². The molecule has 38 heavy (non-hydrogen) atoms. The van der Waals surface area contributed by atoms with Gasteiger partial charge in [-0.15, -0.1) is 0 Å². The van der Waals surface area contributed by atoms with Crippen molar-refractivity contribution in [3.8, 4) is 0 Å². The predicted molar refractivity (Wildman–Crippen MR) is 150 cm³/mol. The van der Waals surface area contributed by atoms with Gasteiger partial charge in [0.25, 0.3) is 0 Å². The zero-order chi connectivity index (χ0) is 27.2. The molecule has 3 unspecified atom stereocenters. The fourth-order valence-electron chi connectivity index (χ4n) is 8.11. The predicted octanol–water partition coefficient (Wildman–Crippen LogP) is 5.82. The van der Waals surface area contributed by atoms with Crippen molar-refractivity contribution in [2.24, 2.45) is 17.3 Å². The van der Waals surface area contributed by atoms with Crippen LogP contribution in [0, 0.1) is 17.3 Å². The molecular weight excluding hydrogens is 498 g/mol. The molecule has 7 heteroatoms. The van der Waals surface area contributed by atoms with E-state index in [-0.39, 0.29) is 29.2 Å². The fourth-order valence-corrected chi connectivity index (χ4v) is 8.57. The molecule has 5 rings (SSSR count). The second-order valence-electron chi connectivity index (χ2n) is 11.8. The number of anilines is 1. The van der Waals surface area contributed by atoms with E-state index in [0.717, 1.165) is 49.8 Å². The first-order valence-corrected chi connectivity index (χ1v) is 14.6. The van der Waals surface area contributed by atoms with E-state index in [1.54, 1.807) is 7.11 Å². The number of hydrogen-bond donors (Lipinski definition) is 0. The van der Waals surface area contributed by atoms with Crippen LogP contribution < -0.4 is 4.90 Å². The Bertz CT molecular complexity index is 1200. The lowest BCUT2D eigenvalue weighted by Crippen LogP contribution is -2.58. The third-order valence-electron chi connectivity index (χ3n) is 9.74. The number of hydrogen-bond acceptors (Lipinski definition) is 7. The number of fused-ring (bicyclic) bond motifs is 4. The van der Waals surface area contributed by atoms with Gasteiger partial charge in [0.05, 0.1) is 12.9 Å². The van der Waals surface area contributed by atoms with Gasteiger partial charge in [-0.05, 0) is 97.3 Å². The molecule has 0 N–H and O–H groups in total. The number of carbonyl (C=O) groups excluding carboxylic acids is 3. The number of ether oxygens (including phenoxy) is 1. The molecule has 0 aliphatic heterocycles. The Morgan fingerprint density at radius 2 is 1.84 bits per heavy atom. The van der Waals surface area contributed by atoms with Crippen LogP contribution >= 0.6 is 12.0 Å². The average Bonchev–Trinajstić information content (AvgIpc) is 3.18. The maximum Gasteiger partial charge on any atom is 0.303 e. The summed E-state index contributed by atoms with van der Waals surface area (Å²) < 4.78 is 11.3. The lowest BCUT2D eigenvalue weighted by atomic mass is 9.50. The molecule has 5 atom stereocenters. The number of rotatable bonds is 7. The van der Waals surface area contributed by atoms with Crippen LogP contribution in [0.1, 0.15) is 70.3 Å². The molecule has 0 saturated heterocycles. The SMILES string of the molecule is COSCC(=O)[C@@]1(OC(C)=O)CCC2C3CCC4=CC(=O)CCC4=C3C(c3ccc(N(C)C)cc3)C[C@@]21C. The van der Waals surface area contributed by atoms with Gasteiger partial charge in [-0.1, -0.05) is 24.6 Å². The zero-order valence-electron chi connectivity index (χ0n) is 23.2. The first-order chi connectivity index (χ1) is 18.1. The fraction of sp³-hybridized carbons (Fsp3) is 0.581. The molecule has 0 bridgehead atoms. The van der Waals surface area contributed by atoms with E-state index < -0.39 is 17.0 Å². The number of benzene rings is 1. The van der Waals surface area contributed by atoms with Gasteiger partial charge in [0.15, 0.2) is 17.2 Å². The number of esters is 1. The molecule has 4 aliphatic carbocycles. The van der Waals surface area contributed by atoms with Gasteiger partial charge in [-0.25, -0.2) is 0 Å². The van der Waals surface area contributed by atoms with Gasteiger partial charge in [-0.3, -0.25) is 14.4 Å². The van der Waals surface area contributed by atoms with Crippen LogP contribution in [0.3, 0.4) is 0 Å². The number of nitrogens with zero attached hydrogens (tertiary/aromatic N) is 1. The van der Waals surface area contributed by atoms with E-state index in [2.05, 4.69) is 36.1 Å². The Morgan fingerprint density at radius 1 is 1.11 bits per heavy atom. The van der Waals surface area contributed by atoms with Crippen molar-refractivity contribution in [2.45, 2.75) is 70.3 Å². The van der Waals surface area contributed by atoms with Crippen molar-refractivity contribution in [3.63, 3.8) is 0 Å². The third-order valence-corrected chi connectivity index (χ3v) is 10.4. The number of ketones is 2. The van der Waals surface area contributed by atoms with Crippen LogP contribution in [-0.4, -0.2) is 50.1 Å². The minimum atomic E-state index is -1.16. The lowest BCUT2D eigenvalue weighted by Gasteiger charge is -2.55. The topological polar surface area (TPSA) is 72.9 Å². The van der Waals surface area contributed by atoms with Gasteiger partial charge >= 0.3 is 5.97 Å². The number of carbonyl (C=O) groups is 3. The van der Waals surface area contributed by atoms with Gasteiger partial charge < -0.3 is 13.8 Å². The van der Waals surface area contributed by atoms with E-state index in [1.807, 2.05) is 20.2 Å². The molecule has 0 radical (unpaired) electrons. The van der Waals surface area contributed by atoms with Crippen LogP contribution in [-0.2, 0) is 23.3 Å². The molecule has 4 aliphatic rings. The normalized spacial score (nSPS) is 32.2. The highest BCUT2D eigenvalue weighted by Gasteiger charge is 2.68. The highest BCUT2D eigenvalue weighted by atomic mass is 32.2. The van der Waals surface area contributed by atoms with Crippen molar-refractivity contribution in [3.05, 3.63) is 52.6 Å². The van der Waals surface area contributed by atoms with Crippen LogP contribution in [0.5, 0.6) is 0 Å². The van der Waals surface area contributed by atoms with E-state index in [9.17, 15) is 14.4 Å². The van der Waals surface area contributed by atoms with Gasteiger partial charge in [-0.2, -0.15) is 0 Å². The van der Waals surface area contributed by atoms with Crippen molar-refractivity contribution < 1.29 is 23.3 Å². The van der Waals surface area contributed by atoms with E-state index in [4.69, 9.17) is 8.92 Å². The quantitative estimate of drug-likeness (QED) is 0.321. The van der Waals surface area contributed by atoms with Crippen LogP contribution in [0.4, 0.5) is 5.69 Å². The highest BCUT2D eigenvalue weighted by molar-refractivity contribution is 7.95. The smallest absolute Gasteiger partial charge is 0.303 e. The van der Waals surface area contributed by atoms with E-state index in [1.165, 1.54) is 29.2 Å². The summed E-state index contributed by atoms with van der Waals surface area (Å²) in [5.41, 5.74) is 4.74. The van der Waals surface area contributed by atoms with Crippen LogP contribution in [0.2, 0.25) is 0 Å². The second kappa shape index (κ2) is 10.3.